The zero-order chi connectivity index (χ0) is 16.8. The van der Waals surface area contributed by atoms with E-state index in [-0.39, 0.29) is 12.0 Å². The summed E-state index contributed by atoms with van der Waals surface area (Å²) in [5, 5.41) is 11.4. The van der Waals surface area contributed by atoms with Crippen molar-refractivity contribution in [1.29, 1.82) is 0 Å². The van der Waals surface area contributed by atoms with Crippen molar-refractivity contribution in [2.24, 2.45) is 5.73 Å². The Kier molecular flexibility index (Phi) is 6.44. The SMILES string of the molecule is NCCCCC(NC(=O)c1ccc(S(=O)(=O)F)cc1)C(=O)O. The van der Waals surface area contributed by atoms with E-state index in [4.69, 9.17) is 10.8 Å². The van der Waals surface area contributed by atoms with E-state index >= 15 is 0 Å². The molecule has 9 heteroatoms. The van der Waals surface area contributed by atoms with E-state index in [1.807, 2.05) is 0 Å². The number of nitrogens with two attached hydrogens (primary N) is 1. The van der Waals surface area contributed by atoms with Gasteiger partial charge in [0.2, 0.25) is 0 Å². The summed E-state index contributed by atoms with van der Waals surface area (Å²) in [5.41, 5.74) is 5.36. The van der Waals surface area contributed by atoms with Crippen LogP contribution in [0.3, 0.4) is 0 Å². The fraction of sp³-hybridized carbons (Fsp3) is 0.385. The average Bonchev–Trinajstić information content (AvgIpc) is 2.45. The molecule has 0 spiro atoms. The van der Waals surface area contributed by atoms with Gasteiger partial charge in [-0.3, -0.25) is 4.79 Å². The molecular weight excluding hydrogens is 315 g/mol. The van der Waals surface area contributed by atoms with Gasteiger partial charge in [0.15, 0.2) is 0 Å². The third-order valence-electron chi connectivity index (χ3n) is 2.95. The number of benzene rings is 1. The summed E-state index contributed by atoms with van der Waals surface area (Å²) in [5.74, 6) is -1.85. The van der Waals surface area contributed by atoms with Crippen molar-refractivity contribution in [2.45, 2.75) is 30.2 Å². The van der Waals surface area contributed by atoms with Gasteiger partial charge in [-0.1, -0.05) is 0 Å². The van der Waals surface area contributed by atoms with Crippen LogP contribution in [-0.4, -0.2) is 38.0 Å². The number of carbonyl (C=O) groups excluding carboxylic acids is 1. The summed E-state index contributed by atoms with van der Waals surface area (Å²) < 4.78 is 34.1. The topological polar surface area (TPSA) is 127 Å². The second kappa shape index (κ2) is 7.85. The van der Waals surface area contributed by atoms with Crippen LogP contribution in [0.15, 0.2) is 29.2 Å². The summed E-state index contributed by atoms with van der Waals surface area (Å²) in [6, 6.07) is 3.04. The molecule has 0 radical (unpaired) electrons. The van der Waals surface area contributed by atoms with Crippen LogP contribution < -0.4 is 11.1 Å². The van der Waals surface area contributed by atoms with Crippen molar-refractivity contribution in [2.75, 3.05) is 6.54 Å². The van der Waals surface area contributed by atoms with Crippen LogP contribution in [0.4, 0.5) is 3.89 Å². The Labute approximate surface area is 127 Å². The minimum atomic E-state index is -4.83. The minimum absolute atomic E-state index is 0.0393. The van der Waals surface area contributed by atoms with Gasteiger partial charge < -0.3 is 16.2 Å². The van der Waals surface area contributed by atoms with E-state index in [1.165, 1.54) is 0 Å². The molecule has 1 atom stereocenters. The van der Waals surface area contributed by atoms with Gasteiger partial charge in [-0.25, -0.2) is 4.79 Å². The second-order valence-electron chi connectivity index (χ2n) is 4.61. The number of hydrogen-bond acceptors (Lipinski definition) is 5. The van der Waals surface area contributed by atoms with Gasteiger partial charge in [0, 0.05) is 5.56 Å². The Morgan fingerprint density at radius 3 is 2.27 bits per heavy atom. The molecule has 0 heterocycles. The standard InChI is InChI=1S/C13H17FN2O5S/c14-22(20,21)10-6-4-9(5-7-10)12(17)16-11(13(18)19)3-1-2-8-15/h4-7,11H,1-3,8,15H2,(H,16,17)(H,18,19). The van der Waals surface area contributed by atoms with Crippen LogP contribution in [0, 0.1) is 0 Å². The fourth-order valence-electron chi connectivity index (χ4n) is 1.76. The molecule has 0 saturated carbocycles. The monoisotopic (exact) mass is 332 g/mol. The lowest BCUT2D eigenvalue weighted by atomic mass is 10.1. The number of carbonyl (C=O) groups is 2. The maximum Gasteiger partial charge on any atom is 0.332 e. The van der Waals surface area contributed by atoms with E-state index < -0.39 is 33.0 Å². The number of halogens is 1. The second-order valence-corrected chi connectivity index (χ2v) is 5.96. The number of carboxylic acid groups (broad SMARTS) is 1. The molecule has 1 amide bonds. The van der Waals surface area contributed by atoms with Crippen molar-refractivity contribution in [1.82, 2.24) is 5.32 Å². The minimum Gasteiger partial charge on any atom is -0.480 e. The first kappa shape index (κ1) is 18.1. The first-order valence-electron chi connectivity index (χ1n) is 6.54. The molecule has 1 unspecified atom stereocenters. The maximum atomic E-state index is 12.7. The molecule has 1 aromatic carbocycles. The highest BCUT2D eigenvalue weighted by molar-refractivity contribution is 7.86. The lowest BCUT2D eigenvalue weighted by Gasteiger charge is -2.14. The molecule has 0 aliphatic carbocycles. The van der Waals surface area contributed by atoms with Crippen LogP contribution in [0.5, 0.6) is 0 Å². The van der Waals surface area contributed by atoms with Crippen molar-refractivity contribution in [3.05, 3.63) is 29.8 Å². The summed E-state index contributed by atoms with van der Waals surface area (Å²) in [7, 11) is -4.83. The van der Waals surface area contributed by atoms with Crippen LogP contribution in [0.1, 0.15) is 29.6 Å². The largest absolute Gasteiger partial charge is 0.480 e. The first-order valence-corrected chi connectivity index (χ1v) is 7.92. The number of nitrogens with one attached hydrogen (secondary N) is 1. The smallest absolute Gasteiger partial charge is 0.332 e. The lowest BCUT2D eigenvalue weighted by molar-refractivity contribution is -0.139. The molecular formula is C13H17FN2O5S. The zero-order valence-corrected chi connectivity index (χ0v) is 12.5. The highest BCUT2D eigenvalue weighted by atomic mass is 32.3. The predicted octanol–water partition coefficient (Wildman–Crippen LogP) is 0.657. The van der Waals surface area contributed by atoms with Gasteiger partial charge in [0.1, 0.15) is 6.04 Å². The molecule has 0 aliphatic heterocycles. The van der Waals surface area contributed by atoms with Crippen molar-refractivity contribution in [3.63, 3.8) is 0 Å². The third kappa shape index (κ3) is 5.41. The molecule has 1 rings (SSSR count). The highest BCUT2D eigenvalue weighted by Gasteiger charge is 2.20. The predicted molar refractivity (Wildman–Crippen MR) is 76.5 cm³/mol. The number of aliphatic carboxylic acids is 1. The van der Waals surface area contributed by atoms with E-state index in [9.17, 15) is 21.9 Å². The molecule has 0 fully saturated rings. The fourth-order valence-corrected chi connectivity index (χ4v) is 2.22. The number of amides is 1. The number of hydrogen-bond donors (Lipinski definition) is 3. The van der Waals surface area contributed by atoms with Gasteiger partial charge in [-0.05, 0) is 50.1 Å². The molecule has 1 aromatic rings. The number of carboxylic acids is 1. The van der Waals surface area contributed by atoms with Crippen LogP contribution in [0.2, 0.25) is 0 Å². The summed E-state index contributed by atoms with van der Waals surface area (Å²) in [6.07, 6.45) is 1.42. The van der Waals surface area contributed by atoms with Gasteiger partial charge in [-0.15, -0.1) is 3.89 Å². The zero-order valence-electron chi connectivity index (χ0n) is 11.7. The molecule has 7 nitrogen and oxygen atoms in total. The third-order valence-corrected chi connectivity index (χ3v) is 3.78. The molecule has 0 bridgehead atoms. The van der Waals surface area contributed by atoms with E-state index in [0.29, 0.717) is 19.4 Å². The molecule has 4 N–H and O–H groups in total. The lowest BCUT2D eigenvalue weighted by Crippen LogP contribution is -2.40. The quantitative estimate of drug-likeness (QED) is 0.474. The van der Waals surface area contributed by atoms with Gasteiger partial charge in [-0.2, -0.15) is 8.42 Å². The molecule has 122 valence electrons. The van der Waals surface area contributed by atoms with Gasteiger partial charge in [0.05, 0.1) is 4.90 Å². The van der Waals surface area contributed by atoms with E-state index in [0.717, 1.165) is 24.3 Å². The van der Waals surface area contributed by atoms with E-state index in [1.54, 1.807) is 0 Å². The Morgan fingerprint density at radius 2 is 1.82 bits per heavy atom. The van der Waals surface area contributed by atoms with Gasteiger partial charge >= 0.3 is 16.2 Å². The normalized spacial score (nSPS) is 12.6. The highest BCUT2D eigenvalue weighted by Crippen LogP contribution is 2.13. The van der Waals surface area contributed by atoms with Crippen molar-refractivity contribution in [3.8, 4) is 0 Å². The first-order chi connectivity index (χ1) is 10.3. The summed E-state index contributed by atoms with van der Waals surface area (Å²) >= 11 is 0. The van der Waals surface area contributed by atoms with Crippen LogP contribution in [0.25, 0.3) is 0 Å². The number of unbranched alkanes of at least 4 members (excludes halogenated alkanes) is 1. The molecule has 0 saturated heterocycles. The Hall–Kier alpha value is -2.00. The van der Waals surface area contributed by atoms with Crippen molar-refractivity contribution >= 4 is 22.1 Å². The number of rotatable bonds is 8. The molecule has 22 heavy (non-hydrogen) atoms. The Morgan fingerprint density at radius 1 is 1.23 bits per heavy atom. The summed E-state index contributed by atoms with van der Waals surface area (Å²) in [6.45, 7) is 0.430. The molecule has 0 aromatic heterocycles. The van der Waals surface area contributed by atoms with E-state index in [2.05, 4.69) is 5.32 Å². The van der Waals surface area contributed by atoms with Gasteiger partial charge in [0.25, 0.3) is 5.91 Å². The Bertz CT molecular complexity index is 630. The van der Waals surface area contributed by atoms with Crippen LogP contribution >= 0.6 is 0 Å². The summed E-state index contributed by atoms with van der Waals surface area (Å²) in [4.78, 5) is 22.4. The van der Waals surface area contributed by atoms with Crippen molar-refractivity contribution < 1.29 is 27.0 Å². The maximum absolute atomic E-state index is 12.7. The Balaban J connectivity index is 2.75. The average molecular weight is 332 g/mol. The van der Waals surface area contributed by atoms with Crippen LogP contribution in [-0.2, 0) is 15.0 Å². The molecule has 0 aliphatic rings.